The third kappa shape index (κ3) is 4.13. The summed E-state index contributed by atoms with van der Waals surface area (Å²) >= 11 is 5.85. The maximum atomic E-state index is 5.85. The first kappa shape index (κ1) is 15.2. The molecule has 0 amide bonds. The van der Waals surface area contributed by atoms with E-state index in [1.807, 2.05) is 32.0 Å². The lowest BCUT2D eigenvalue weighted by Gasteiger charge is -2.13. The number of benzene rings is 1. The molecule has 2 rings (SSSR count). The summed E-state index contributed by atoms with van der Waals surface area (Å²) in [6.07, 6.45) is 0. The highest BCUT2D eigenvalue weighted by atomic mass is 35.5. The van der Waals surface area contributed by atoms with E-state index in [0.717, 1.165) is 5.69 Å². The Kier molecular flexibility index (Phi) is 5.05. The van der Waals surface area contributed by atoms with Crippen LogP contribution in [-0.4, -0.2) is 23.2 Å². The lowest BCUT2D eigenvalue weighted by atomic mass is 10.2. The van der Waals surface area contributed by atoms with E-state index >= 15 is 0 Å². The summed E-state index contributed by atoms with van der Waals surface area (Å²) in [6, 6.07) is 7.12. The van der Waals surface area contributed by atoms with Crippen molar-refractivity contribution >= 4 is 29.1 Å². The van der Waals surface area contributed by atoms with E-state index in [0.29, 0.717) is 30.5 Å². The van der Waals surface area contributed by atoms with E-state index in [2.05, 4.69) is 15.3 Å². The molecule has 0 aliphatic rings. The molecular weight excluding hydrogens is 292 g/mol. The highest BCUT2D eigenvalue weighted by molar-refractivity contribution is 6.29. The Morgan fingerprint density at radius 3 is 2.48 bits per heavy atom. The molecule has 0 radical (unpaired) electrons. The van der Waals surface area contributed by atoms with Gasteiger partial charge in [0.25, 0.3) is 0 Å². The summed E-state index contributed by atoms with van der Waals surface area (Å²) in [5.74, 6) is 1.99. The maximum Gasteiger partial charge on any atom is 0.223 e. The van der Waals surface area contributed by atoms with Crippen LogP contribution in [0.1, 0.15) is 13.8 Å². The molecule has 0 aliphatic carbocycles. The Morgan fingerprint density at radius 2 is 1.81 bits per heavy atom. The second-order valence-electron chi connectivity index (χ2n) is 4.09. The number of halogens is 1. The minimum atomic E-state index is 0.112. The Labute approximate surface area is 128 Å². The van der Waals surface area contributed by atoms with Crippen molar-refractivity contribution < 1.29 is 9.47 Å². The van der Waals surface area contributed by atoms with E-state index in [9.17, 15) is 0 Å². The zero-order chi connectivity index (χ0) is 15.2. The molecule has 1 aromatic carbocycles. The predicted molar refractivity (Wildman–Crippen MR) is 83.5 cm³/mol. The number of nitrogens with zero attached hydrogens (tertiary/aromatic N) is 2. The van der Waals surface area contributed by atoms with Gasteiger partial charge in [0.2, 0.25) is 5.95 Å². The fourth-order valence-electron chi connectivity index (χ4n) is 1.78. The largest absolute Gasteiger partial charge is 0.490 e. The molecule has 21 heavy (non-hydrogen) atoms. The normalized spacial score (nSPS) is 10.2. The minimum absolute atomic E-state index is 0.112. The van der Waals surface area contributed by atoms with Crippen molar-refractivity contribution in [1.29, 1.82) is 0 Å². The number of ether oxygens (including phenoxy) is 2. The molecule has 0 saturated carbocycles. The molecule has 2 aromatic rings. The molecular formula is C14H17ClN4O2. The SMILES string of the molecule is CCOc1ccc(Nc2cc(Cl)nc(N)n2)cc1OCC. The summed E-state index contributed by atoms with van der Waals surface area (Å²) < 4.78 is 11.1. The molecule has 0 atom stereocenters. The van der Waals surface area contributed by atoms with Crippen molar-refractivity contribution in [2.45, 2.75) is 13.8 Å². The van der Waals surface area contributed by atoms with Gasteiger partial charge in [-0.3, -0.25) is 0 Å². The van der Waals surface area contributed by atoms with Crippen molar-refractivity contribution in [3.05, 3.63) is 29.4 Å². The van der Waals surface area contributed by atoms with Crippen LogP contribution in [0.25, 0.3) is 0 Å². The van der Waals surface area contributed by atoms with E-state index in [1.54, 1.807) is 6.07 Å². The number of hydrogen-bond donors (Lipinski definition) is 2. The molecule has 0 saturated heterocycles. The summed E-state index contributed by atoms with van der Waals surface area (Å²) in [4.78, 5) is 7.87. The van der Waals surface area contributed by atoms with Crippen LogP contribution < -0.4 is 20.5 Å². The van der Waals surface area contributed by atoms with Crippen molar-refractivity contribution in [3.8, 4) is 11.5 Å². The van der Waals surface area contributed by atoms with Gasteiger partial charge in [-0.05, 0) is 26.0 Å². The first-order valence-corrected chi connectivity index (χ1v) is 6.97. The Bertz CT molecular complexity index is 602. The molecule has 7 heteroatoms. The molecule has 0 aliphatic heterocycles. The van der Waals surface area contributed by atoms with Crippen molar-refractivity contribution in [3.63, 3.8) is 0 Å². The number of hydrogen-bond acceptors (Lipinski definition) is 6. The molecule has 1 heterocycles. The number of nitrogens with one attached hydrogen (secondary N) is 1. The monoisotopic (exact) mass is 308 g/mol. The average molecular weight is 309 g/mol. The van der Waals surface area contributed by atoms with Crippen LogP contribution in [0, 0.1) is 0 Å². The number of rotatable bonds is 6. The van der Waals surface area contributed by atoms with Gasteiger partial charge in [0.1, 0.15) is 11.0 Å². The quantitative estimate of drug-likeness (QED) is 0.797. The summed E-state index contributed by atoms with van der Waals surface area (Å²) in [7, 11) is 0. The second kappa shape index (κ2) is 6.99. The average Bonchev–Trinajstić information content (AvgIpc) is 2.41. The lowest BCUT2D eigenvalue weighted by molar-refractivity contribution is 0.288. The summed E-state index contributed by atoms with van der Waals surface area (Å²) in [5.41, 5.74) is 6.35. The van der Waals surface area contributed by atoms with Gasteiger partial charge in [0.15, 0.2) is 11.5 Å². The fraction of sp³-hybridized carbons (Fsp3) is 0.286. The van der Waals surface area contributed by atoms with Crippen LogP contribution in [-0.2, 0) is 0 Å². The zero-order valence-corrected chi connectivity index (χ0v) is 12.6. The Hall–Kier alpha value is -2.21. The first-order chi connectivity index (χ1) is 10.1. The van der Waals surface area contributed by atoms with Crippen LogP contribution in [0.3, 0.4) is 0 Å². The molecule has 0 unspecified atom stereocenters. The number of nitrogens with two attached hydrogens (primary N) is 1. The van der Waals surface area contributed by atoms with Gasteiger partial charge in [0, 0.05) is 17.8 Å². The van der Waals surface area contributed by atoms with Gasteiger partial charge in [-0.1, -0.05) is 11.6 Å². The Balaban J connectivity index is 2.25. The summed E-state index contributed by atoms with van der Waals surface area (Å²) in [5, 5.41) is 3.38. The highest BCUT2D eigenvalue weighted by Crippen LogP contribution is 2.31. The predicted octanol–water partition coefficient (Wildman–Crippen LogP) is 3.25. The molecule has 0 fully saturated rings. The molecule has 3 N–H and O–H groups in total. The maximum absolute atomic E-state index is 5.85. The lowest BCUT2D eigenvalue weighted by Crippen LogP contribution is -2.02. The van der Waals surface area contributed by atoms with Gasteiger partial charge in [0.05, 0.1) is 13.2 Å². The van der Waals surface area contributed by atoms with Gasteiger partial charge in [-0.15, -0.1) is 0 Å². The Morgan fingerprint density at radius 1 is 1.10 bits per heavy atom. The smallest absolute Gasteiger partial charge is 0.223 e. The van der Waals surface area contributed by atoms with Crippen molar-refractivity contribution in [1.82, 2.24) is 9.97 Å². The summed E-state index contributed by atoms with van der Waals surface area (Å²) in [6.45, 7) is 4.97. The van der Waals surface area contributed by atoms with Crippen LogP contribution in [0.2, 0.25) is 5.15 Å². The topological polar surface area (TPSA) is 82.3 Å². The highest BCUT2D eigenvalue weighted by Gasteiger charge is 2.07. The molecule has 0 spiro atoms. The molecule has 1 aromatic heterocycles. The van der Waals surface area contributed by atoms with Gasteiger partial charge in [-0.2, -0.15) is 4.98 Å². The van der Waals surface area contributed by atoms with Crippen molar-refractivity contribution in [2.75, 3.05) is 24.3 Å². The standard InChI is InChI=1S/C14H17ClN4O2/c1-3-20-10-6-5-9(7-11(10)21-4-2)17-13-8-12(15)18-14(16)19-13/h5-8H,3-4H2,1-2H3,(H3,16,17,18,19). The number of nitrogen functional groups attached to an aromatic ring is 1. The van der Waals surface area contributed by atoms with E-state index < -0.39 is 0 Å². The second-order valence-corrected chi connectivity index (χ2v) is 4.47. The molecule has 112 valence electrons. The first-order valence-electron chi connectivity index (χ1n) is 6.59. The fourth-order valence-corrected chi connectivity index (χ4v) is 1.97. The van der Waals surface area contributed by atoms with Crippen LogP contribution >= 0.6 is 11.6 Å². The van der Waals surface area contributed by atoms with Crippen LogP contribution in [0.5, 0.6) is 11.5 Å². The van der Waals surface area contributed by atoms with Crippen LogP contribution in [0.15, 0.2) is 24.3 Å². The number of aromatic nitrogens is 2. The number of anilines is 3. The van der Waals surface area contributed by atoms with Gasteiger partial charge in [-0.25, -0.2) is 4.98 Å². The molecule has 0 bridgehead atoms. The minimum Gasteiger partial charge on any atom is -0.490 e. The van der Waals surface area contributed by atoms with E-state index in [-0.39, 0.29) is 11.1 Å². The van der Waals surface area contributed by atoms with E-state index in [1.165, 1.54) is 0 Å². The van der Waals surface area contributed by atoms with Crippen molar-refractivity contribution in [2.24, 2.45) is 0 Å². The molecule has 6 nitrogen and oxygen atoms in total. The van der Waals surface area contributed by atoms with Gasteiger partial charge < -0.3 is 20.5 Å². The van der Waals surface area contributed by atoms with E-state index in [4.69, 9.17) is 26.8 Å². The van der Waals surface area contributed by atoms with Gasteiger partial charge >= 0.3 is 0 Å². The third-order valence-corrected chi connectivity index (χ3v) is 2.72. The zero-order valence-electron chi connectivity index (χ0n) is 11.9. The third-order valence-electron chi connectivity index (χ3n) is 2.53. The van der Waals surface area contributed by atoms with Crippen LogP contribution in [0.4, 0.5) is 17.5 Å².